The summed E-state index contributed by atoms with van der Waals surface area (Å²) in [5.74, 6) is -1.46. The maximum atomic E-state index is 12.1. The first-order chi connectivity index (χ1) is 11.8. The van der Waals surface area contributed by atoms with Gasteiger partial charge in [-0.15, -0.1) is 0 Å². The van der Waals surface area contributed by atoms with Crippen molar-refractivity contribution in [2.45, 2.75) is 34.6 Å². The number of ether oxygens (including phenoxy) is 1. The summed E-state index contributed by atoms with van der Waals surface area (Å²) < 4.78 is 5.06. The summed E-state index contributed by atoms with van der Waals surface area (Å²) in [5, 5.41) is 6.67. The van der Waals surface area contributed by atoms with E-state index in [-0.39, 0.29) is 17.8 Å². The highest BCUT2D eigenvalue weighted by atomic mass is 16.5. The van der Waals surface area contributed by atoms with Crippen molar-refractivity contribution in [3.05, 3.63) is 29.8 Å². The van der Waals surface area contributed by atoms with Gasteiger partial charge in [-0.25, -0.2) is 5.43 Å². The van der Waals surface area contributed by atoms with Crippen LogP contribution in [0.25, 0.3) is 0 Å². The topological polar surface area (TPSA) is 96.9 Å². The molecular formula is C18H25N3O4. The summed E-state index contributed by atoms with van der Waals surface area (Å²) >= 11 is 0. The van der Waals surface area contributed by atoms with Crippen molar-refractivity contribution in [2.24, 2.45) is 16.9 Å². The van der Waals surface area contributed by atoms with E-state index in [9.17, 15) is 14.4 Å². The standard InChI is InChI=1S/C18H25N3O4/c1-6-25-18(24)16(11(2)3)12(4)20-21-17(23)14-7-9-15(10-8-14)19-13(5)22/h7-11,16H,6H2,1-5H3,(H,19,22)(H,21,23)/b20-12-/t16-/m1/s1. The molecule has 0 unspecified atom stereocenters. The van der Waals surface area contributed by atoms with Crippen LogP contribution < -0.4 is 10.7 Å². The Morgan fingerprint density at radius 1 is 1.12 bits per heavy atom. The van der Waals surface area contributed by atoms with E-state index >= 15 is 0 Å². The van der Waals surface area contributed by atoms with Gasteiger partial charge < -0.3 is 10.1 Å². The van der Waals surface area contributed by atoms with Crippen molar-refractivity contribution in [1.82, 2.24) is 5.43 Å². The van der Waals surface area contributed by atoms with Gasteiger partial charge in [-0.3, -0.25) is 14.4 Å². The number of nitrogens with zero attached hydrogens (tertiary/aromatic N) is 1. The van der Waals surface area contributed by atoms with E-state index in [1.165, 1.54) is 6.92 Å². The first kappa shape index (κ1) is 20.3. The summed E-state index contributed by atoms with van der Waals surface area (Å²) in [5.41, 5.74) is 3.92. The van der Waals surface area contributed by atoms with E-state index in [1.807, 2.05) is 13.8 Å². The van der Waals surface area contributed by atoms with Crippen molar-refractivity contribution in [1.29, 1.82) is 0 Å². The normalized spacial score (nSPS) is 12.5. The van der Waals surface area contributed by atoms with Gasteiger partial charge in [-0.2, -0.15) is 5.10 Å². The maximum absolute atomic E-state index is 12.1. The Hall–Kier alpha value is -2.70. The summed E-state index contributed by atoms with van der Waals surface area (Å²) in [7, 11) is 0. The third-order valence-corrected chi connectivity index (χ3v) is 3.46. The Kier molecular flexibility index (Phi) is 7.78. The van der Waals surface area contributed by atoms with Crippen LogP contribution in [0.15, 0.2) is 29.4 Å². The minimum absolute atomic E-state index is 0.00311. The number of nitrogens with one attached hydrogen (secondary N) is 2. The molecule has 2 N–H and O–H groups in total. The summed E-state index contributed by atoms with van der Waals surface area (Å²) in [4.78, 5) is 35.1. The lowest BCUT2D eigenvalue weighted by atomic mass is 9.92. The number of hydrogen-bond acceptors (Lipinski definition) is 5. The third-order valence-electron chi connectivity index (χ3n) is 3.46. The van der Waals surface area contributed by atoms with Gasteiger partial charge >= 0.3 is 5.97 Å². The first-order valence-electron chi connectivity index (χ1n) is 8.15. The quantitative estimate of drug-likeness (QED) is 0.450. The van der Waals surface area contributed by atoms with Crippen LogP contribution in [0.2, 0.25) is 0 Å². The van der Waals surface area contributed by atoms with Gasteiger partial charge in [0.1, 0.15) is 0 Å². The molecule has 1 aromatic carbocycles. The molecule has 0 aliphatic carbocycles. The largest absolute Gasteiger partial charge is 0.465 e. The zero-order valence-corrected chi connectivity index (χ0v) is 15.3. The van der Waals surface area contributed by atoms with Gasteiger partial charge in [-0.05, 0) is 44.0 Å². The second-order valence-corrected chi connectivity index (χ2v) is 5.93. The van der Waals surface area contributed by atoms with Gasteiger partial charge in [0.15, 0.2) is 0 Å². The molecule has 0 fully saturated rings. The molecule has 25 heavy (non-hydrogen) atoms. The van der Waals surface area contributed by atoms with Gasteiger partial charge in [0.2, 0.25) is 5.91 Å². The van der Waals surface area contributed by atoms with Crippen LogP contribution in [0.3, 0.4) is 0 Å². The highest BCUT2D eigenvalue weighted by Gasteiger charge is 2.26. The van der Waals surface area contributed by atoms with E-state index < -0.39 is 11.8 Å². The Morgan fingerprint density at radius 2 is 1.72 bits per heavy atom. The number of amides is 2. The molecule has 7 nitrogen and oxygen atoms in total. The molecule has 1 aromatic rings. The first-order valence-corrected chi connectivity index (χ1v) is 8.15. The summed E-state index contributed by atoms with van der Waals surface area (Å²) in [6.45, 7) is 8.91. The van der Waals surface area contributed by atoms with E-state index in [0.717, 1.165) is 0 Å². The second kappa shape index (κ2) is 9.56. The van der Waals surface area contributed by atoms with Gasteiger partial charge in [0, 0.05) is 23.9 Å². The average molecular weight is 347 g/mol. The molecule has 0 saturated heterocycles. The van der Waals surface area contributed by atoms with E-state index in [4.69, 9.17) is 4.74 Å². The SMILES string of the molecule is CCOC(=O)[C@@H](/C(C)=N\NC(=O)c1ccc(NC(C)=O)cc1)C(C)C. The van der Waals surface area contributed by atoms with Crippen molar-refractivity contribution >= 4 is 29.2 Å². The number of rotatable bonds is 7. The van der Waals surface area contributed by atoms with Crippen LogP contribution in [0.5, 0.6) is 0 Å². The van der Waals surface area contributed by atoms with E-state index in [0.29, 0.717) is 23.6 Å². The Balaban J connectivity index is 2.79. The number of hydrazone groups is 1. The number of carbonyl (C=O) groups excluding carboxylic acids is 3. The molecular weight excluding hydrogens is 322 g/mol. The lowest BCUT2D eigenvalue weighted by Gasteiger charge is -2.18. The van der Waals surface area contributed by atoms with E-state index in [1.54, 1.807) is 38.1 Å². The number of benzene rings is 1. The van der Waals surface area contributed by atoms with Crippen LogP contribution in [-0.2, 0) is 14.3 Å². The van der Waals surface area contributed by atoms with Crippen LogP contribution in [0.4, 0.5) is 5.69 Å². The van der Waals surface area contributed by atoms with Crippen LogP contribution >= 0.6 is 0 Å². The minimum Gasteiger partial charge on any atom is -0.465 e. The molecule has 0 spiro atoms. The smallest absolute Gasteiger partial charge is 0.314 e. The maximum Gasteiger partial charge on any atom is 0.314 e. The monoisotopic (exact) mass is 347 g/mol. The Labute approximate surface area is 147 Å². The number of hydrogen-bond donors (Lipinski definition) is 2. The molecule has 1 atom stereocenters. The molecule has 1 rings (SSSR count). The summed E-state index contributed by atoms with van der Waals surface area (Å²) in [6.07, 6.45) is 0. The lowest BCUT2D eigenvalue weighted by molar-refractivity contribution is -0.146. The zero-order valence-electron chi connectivity index (χ0n) is 15.3. The van der Waals surface area contributed by atoms with Crippen molar-refractivity contribution in [3.63, 3.8) is 0 Å². The second-order valence-electron chi connectivity index (χ2n) is 5.93. The fraction of sp³-hybridized carbons (Fsp3) is 0.444. The minimum atomic E-state index is -0.512. The highest BCUT2D eigenvalue weighted by Crippen LogP contribution is 2.15. The molecule has 0 saturated carbocycles. The predicted octanol–water partition coefficient (Wildman–Crippen LogP) is 2.59. The highest BCUT2D eigenvalue weighted by molar-refractivity contribution is 6.02. The van der Waals surface area contributed by atoms with Gasteiger partial charge in [-0.1, -0.05) is 13.8 Å². The van der Waals surface area contributed by atoms with Crippen molar-refractivity contribution < 1.29 is 19.1 Å². The molecule has 7 heteroatoms. The number of anilines is 1. The third kappa shape index (κ3) is 6.37. The van der Waals surface area contributed by atoms with Gasteiger partial charge in [0.05, 0.1) is 12.5 Å². The number of carbonyl (C=O) groups is 3. The fourth-order valence-corrected chi connectivity index (χ4v) is 2.34. The zero-order chi connectivity index (χ0) is 19.0. The average Bonchev–Trinajstić information content (AvgIpc) is 2.52. The van der Waals surface area contributed by atoms with Crippen molar-refractivity contribution in [2.75, 3.05) is 11.9 Å². The molecule has 0 aliphatic heterocycles. The van der Waals surface area contributed by atoms with Crippen LogP contribution in [0.1, 0.15) is 45.0 Å². The van der Waals surface area contributed by atoms with E-state index in [2.05, 4.69) is 15.8 Å². The molecule has 0 radical (unpaired) electrons. The molecule has 0 heterocycles. The molecule has 136 valence electrons. The molecule has 2 amide bonds. The van der Waals surface area contributed by atoms with Crippen molar-refractivity contribution in [3.8, 4) is 0 Å². The Bertz CT molecular complexity index is 651. The van der Waals surface area contributed by atoms with Crippen LogP contribution in [0, 0.1) is 11.8 Å². The van der Waals surface area contributed by atoms with Crippen LogP contribution in [-0.4, -0.2) is 30.1 Å². The lowest BCUT2D eigenvalue weighted by Crippen LogP contribution is -2.31. The molecule has 0 aromatic heterocycles. The fourth-order valence-electron chi connectivity index (χ4n) is 2.34. The predicted molar refractivity (Wildman–Crippen MR) is 96.3 cm³/mol. The number of esters is 1. The molecule has 0 bridgehead atoms. The molecule has 0 aliphatic rings. The Morgan fingerprint density at radius 3 is 2.20 bits per heavy atom. The van der Waals surface area contributed by atoms with Gasteiger partial charge in [0.25, 0.3) is 5.91 Å². The summed E-state index contributed by atoms with van der Waals surface area (Å²) in [6, 6.07) is 6.41.